The number of nitrogens with zero attached hydrogens (tertiary/aromatic N) is 1. The van der Waals surface area contributed by atoms with Crippen LogP contribution >= 0.6 is 0 Å². The van der Waals surface area contributed by atoms with Gasteiger partial charge in [0, 0.05) is 12.5 Å². The van der Waals surface area contributed by atoms with Crippen LogP contribution in [-0.2, 0) is 4.79 Å². The lowest BCUT2D eigenvalue weighted by Crippen LogP contribution is -3.00. The highest BCUT2D eigenvalue weighted by Crippen LogP contribution is 2.20. The Hall–Kier alpha value is -1.36. The molecule has 0 saturated heterocycles. The average Bonchev–Trinajstić information content (AvgIpc) is 2.66. The van der Waals surface area contributed by atoms with Gasteiger partial charge in [-0.3, -0.25) is 0 Å². The van der Waals surface area contributed by atoms with E-state index in [0.717, 1.165) is 29.5 Å². The number of aromatic nitrogens is 1. The molecule has 1 aromatic carbocycles. The summed E-state index contributed by atoms with van der Waals surface area (Å²) in [6.07, 6.45) is 2.50. The van der Waals surface area contributed by atoms with Crippen LogP contribution in [0.2, 0.25) is 0 Å². The van der Waals surface area contributed by atoms with Crippen LogP contribution in [0.4, 0.5) is 0 Å². The Morgan fingerprint density at radius 2 is 2.10 bits per heavy atom. The summed E-state index contributed by atoms with van der Waals surface area (Å²) in [4.78, 5) is 11.5. The number of carboxylic acids is 1. The highest BCUT2D eigenvalue weighted by atomic mass is 79.9. The average molecular weight is 342 g/mol. The molecule has 0 spiro atoms. The van der Waals surface area contributed by atoms with E-state index in [1.807, 2.05) is 32.0 Å². The van der Waals surface area contributed by atoms with Crippen molar-refractivity contribution in [1.82, 2.24) is 0 Å². The molecule has 1 aromatic heterocycles. The number of rotatable bonds is 5. The van der Waals surface area contributed by atoms with Crippen molar-refractivity contribution in [2.24, 2.45) is 0 Å². The molecule has 0 amide bonds. The minimum atomic E-state index is -0.800. The first-order valence-electron chi connectivity index (χ1n) is 6.68. The Labute approximate surface area is 129 Å². The van der Waals surface area contributed by atoms with Crippen molar-refractivity contribution >= 4 is 17.1 Å². The number of aliphatic carboxylic acids is 1. The normalized spacial score (nSPS) is 12.2. The molecule has 0 aliphatic carbocycles. The van der Waals surface area contributed by atoms with E-state index in [4.69, 9.17) is 4.42 Å². The van der Waals surface area contributed by atoms with Gasteiger partial charge >= 0.3 is 11.9 Å². The summed E-state index contributed by atoms with van der Waals surface area (Å²) < 4.78 is 7.47. The summed E-state index contributed by atoms with van der Waals surface area (Å²) in [6, 6.07) is 5.29. The highest BCUT2D eigenvalue weighted by Gasteiger charge is 2.33. The van der Waals surface area contributed by atoms with Crippen LogP contribution in [0.5, 0.6) is 0 Å². The number of hydrogen-bond donors (Lipinski definition) is 1. The molecule has 0 aliphatic rings. The summed E-state index contributed by atoms with van der Waals surface area (Å²) in [5, 5.41) is 9.46. The smallest absolute Gasteiger partial charge is 0.373 e. The Kier molecular flexibility index (Phi) is 5.74. The van der Waals surface area contributed by atoms with Gasteiger partial charge in [-0.25, -0.2) is 4.79 Å². The molecule has 1 unspecified atom stereocenters. The third-order valence-corrected chi connectivity index (χ3v) is 3.40. The zero-order chi connectivity index (χ0) is 14.0. The Morgan fingerprint density at radius 3 is 2.70 bits per heavy atom. The Balaban J connectivity index is 0.00000200. The maximum atomic E-state index is 11.5. The lowest BCUT2D eigenvalue weighted by atomic mass is 10.1. The number of fused-ring (bicyclic) bond motifs is 1. The van der Waals surface area contributed by atoms with E-state index in [1.165, 1.54) is 0 Å². The fourth-order valence-electron chi connectivity index (χ4n) is 2.43. The van der Waals surface area contributed by atoms with Crippen molar-refractivity contribution < 1.29 is 35.9 Å². The van der Waals surface area contributed by atoms with Crippen molar-refractivity contribution in [3.8, 4) is 0 Å². The standard InChI is InChI=1S/C15H19NO3.BrH/c1-4-5-6-12(15(17)18)16-11(3)19-14-8-7-10(2)9-13(14)16;/h7-9,12H,4-6H2,1-3H3;1H. The molecule has 0 aliphatic heterocycles. The molecule has 4 nitrogen and oxygen atoms in total. The van der Waals surface area contributed by atoms with Gasteiger partial charge in [-0.15, -0.1) is 4.57 Å². The zero-order valence-electron chi connectivity index (χ0n) is 12.0. The van der Waals surface area contributed by atoms with Crippen LogP contribution in [0, 0.1) is 13.8 Å². The predicted molar refractivity (Wildman–Crippen MR) is 72.1 cm³/mol. The van der Waals surface area contributed by atoms with E-state index in [-0.39, 0.29) is 17.0 Å². The first kappa shape index (κ1) is 16.7. The van der Waals surface area contributed by atoms with E-state index < -0.39 is 12.0 Å². The second-order valence-electron chi connectivity index (χ2n) is 4.96. The molecule has 2 rings (SSSR count). The molecule has 110 valence electrons. The van der Waals surface area contributed by atoms with Gasteiger partial charge in [-0.1, -0.05) is 19.4 Å². The van der Waals surface area contributed by atoms with Gasteiger partial charge in [-0.2, -0.15) is 0 Å². The summed E-state index contributed by atoms with van der Waals surface area (Å²) >= 11 is 0. The van der Waals surface area contributed by atoms with Crippen LogP contribution in [-0.4, -0.2) is 11.1 Å². The van der Waals surface area contributed by atoms with Crippen LogP contribution in [0.3, 0.4) is 0 Å². The molecule has 1 N–H and O–H groups in total. The molecule has 1 heterocycles. The van der Waals surface area contributed by atoms with Crippen molar-refractivity contribution in [3.63, 3.8) is 0 Å². The van der Waals surface area contributed by atoms with Crippen molar-refractivity contribution in [2.45, 2.75) is 46.1 Å². The van der Waals surface area contributed by atoms with Gasteiger partial charge in [0.25, 0.3) is 11.6 Å². The number of halogens is 1. The van der Waals surface area contributed by atoms with Crippen molar-refractivity contribution in [3.05, 3.63) is 29.7 Å². The quantitative estimate of drug-likeness (QED) is 0.788. The summed E-state index contributed by atoms with van der Waals surface area (Å²) in [5.41, 5.74) is 2.70. The highest BCUT2D eigenvalue weighted by molar-refractivity contribution is 5.73. The van der Waals surface area contributed by atoms with Gasteiger partial charge in [0.05, 0.1) is 6.92 Å². The monoisotopic (exact) mass is 341 g/mol. The minimum Gasteiger partial charge on any atom is -1.00 e. The molecular weight excluding hydrogens is 322 g/mol. The van der Waals surface area contributed by atoms with Crippen molar-refractivity contribution in [1.29, 1.82) is 0 Å². The number of unbranched alkanes of at least 4 members (excludes halogenated alkanes) is 1. The summed E-state index contributed by atoms with van der Waals surface area (Å²) in [6.45, 7) is 5.87. The third-order valence-electron chi connectivity index (χ3n) is 3.40. The molecular formula is C15H20BrNO3. The molecule has 1 atom stereocenters. The third kappa shape index (κ3) is 3.20. The van der Waals surface area contributed by atoms with Crippen LogP contribution < -0.4 is 21.5 Å². The number of carbonyl (C=O) groups is 1. The van der Waals surface area contributed by atoms with Gasteiger partial charge in [0.15, 0.2) is 0 Å². The van der Waals surface area contributed by atoms with E-state index in [9.17, 15) is 9.90 Å². The first-order valence-corrected chi connectivity index (χ1v) is 6.68. The Morgan fingerprint density at radius 1 is 1.40 bits per heavy atom. The molecule has 2 aromatic rings. The molecule has 5 heteroatoms. The predicted octanol–water partition coefficient (Wildman–Crippen LogP) is 0.157. The lowest BCUT2D eigenvalue weighted by Gasteiger charge is -2.06. The second kappa shape index (κ2) is 6.88. The van der Waals surface area contributed by atoms with E-state index in [0.29, 0.717) is 12.3 Å². The topological polar surface area (TPSA) is 54.3 Å². The van der Waals surface area contributed by atoms with Gasteiger partial charge in [0.2, 0.25) is 5.58 Å². The lowest BCUT2D eigenvalue weighted by molar-refractivity contribution is -0.697. The maximum Gasteiger partial charge on any atom is 0.373 e. The molecule has 0 radical (unpaired) electrons. The summed E-state index contributed by atoms with van der Waals surface area (Å²) in [7, 11) is 0. The van der Waals surface area contributed by atoms with Gasteiger partial charge in [-0.05, 0) is 25.0 Å². The number of benzene rings is 1. The molecule has 0 bridgehead atoms. The zero-order valence-corrected chi connectivity index (χ0v) is 13.6. The number of aryl methyl sites for hydroxylation is 2. The number of hydrogen-bond acceptors (Lipinski definition) is 2. The van der Waals surface area contributed by atoms with Crippen LogP contribution in [0.25, 0.3) is 11.1 Å². The van der Waals surface area contributed by atoms with Crippen LogP contribution in [0.1, 0.15) is 43.7 Å². The second-order valence-corrected chi connectivity index (χ2v) is 4.96. The first-order chi connectivity index (χ1) is 9.04. The Bertz CT molecular complexity index is 606. The largest absolute Gasteiger partial charge is 1.00 e. The van der Waals surface area contributed by atoms with Gasteiger partial charge in [0.1, 0.15) is 0 Å². The molecule has 20 heavy (non-hydrogen) atoms. The van der Waals surface area contributed by atoms with E-state index in [1.54, 1.807) is 4.57 Å². The minimum absolute atomic E-state index is 0. The summed E-state index contributed by atoms with van der Waals surface area (Å²) in [5.74, 6) is -0.158. The van der Waals surface area contributed by atoms with Crippen LogP contribution in [0.15, 0.2) is 22.6 Å². The van der Waals surface area contributed by atoms with E-state index >= 15 is 0 Å². The number of oxazole rings is 1. The number of carboxylic acid groups (broad SMARTS) is 1. The fourth-order valence-corrected chi connectivity index (χ4v) is 2.43. The van der Waals surface area contributed by atoms with E-state index in [2.05, 4.69) is 6.92 Å². The van der Waals surface area contributed by atoms with Crippen molar-refractivity contribution in [2.75, 3.05) is 0 Å². The fraction of sp³-hybridized carbons (Fsp3) is 0.467. The molecule has 0 fully saturated rings. The maximum absolute atomic E-state index is 11.5. The SMILES string of the molecule is CCCCC(C(=O)O)[n+]1c(C)oc2ccc(C)cc21.[Br-]. The molecule has 0 saturated carbocycles. The van der Waals surface area contributed by atoms with Gasteiger partial charge < -0.3 is 26.5 Å².